The van der Waals surface area contributed by atoms with Crippen molar-refractivity contribution in [2.24, 2.45) is 0 Å². The number of nitrogens with zero attached hydrogens (tertiary/aromatic N) is 1. The van der Waals surface area contributed by atoms with Crippen molar-refractivity contribution >= 4 is 21.7 Å². The first-order valence-electron chi connectivity index (χ1n) is 4.52. The first kappa shape index (κ1) is 10.8. The molecule has 2 aromatic heterocycles. The molecule has 0 spiro atoms. The molecule has 0 saturated heterocycles. The molecule has 0 saturated carbocycles. The van der Waals surface area contributed by atoms with E-state index in [1.54, 1.807) is 24.4 Å². The number of H-pyrrole nitrogens is 1. The van der Waals surface area contributed by atoms with Crippen LogP contribution in [0.15, 0.2) is 45.9 Å². The Balaban J connectivity index is 2.42. The van der Waals surface area contributed by atoms with Crippen LogP contribution in [0.2, 0.25) is 0 Å². The number of ketones is 1. The van der Waals surface area contributed by atoms with E-state index in [9.17, 15) is 9.59 Å². The van der Waals surface area contributed by atoms with Crippen molar-refractivity contribution in [1.29, 1.82) is 0 Å². The maximum atomic E-state index is 11.9. The highest BCUT2D eigenvalue weighted by Gasteiger charge is 2.11. The van der Waals surface area contributed by atoms with Crippen LogP contribution >= 0.6 is 15.9 Å². The van der Waals surface area contributed by atoms with Gasteiger partial charge in [-0.1, -0.05) is 6.07 Å². The molecule has 2 heterocycles. The Kier molecular flexibility index (Phi) is 2.96. The van der Waals surface area contributed by atoms with Gasteiger partial charge in [-0.15, -0.1) is 0 Å². The zero-order chi connectivity index (χ0) is 11.5. The van der Waals surface area contributed by atoms with Gasteiger partial charge in [-0.3, -0.25) is 14.6 Å². The molecule has 0 bridgehead atoms. The second kappa shape index (κ2) is 4.40. The average molecular weight is 279 g/mol. The van der Waals surface area contributed by atoms with Crippen LogP contribution in [0.25, 0.3) is 0 Å². The van der Waals surface area contributed by atoms with Crippen LogP contribution < -0.4 is 5.56 Å². The van der Waals surface area contributed by atoms with Crippen molar-refractivity contribution < 1.29 is 4.79 Å². The summed E-state index contributed by atoms with van der Waals surface area (Å²) < 4.78 is 0.328. The van der Waals surface area contributed by atoms with Gasteiger partial charge in [0.05, 0.1) is 4.47 Å². The van der Waals surface area contributed by atoms with Crippen molar-refractivity contribution in [3.05, 3.63) is 62.7 Å². The summed E-state index contributed by atoms with van der Waals surface area (Å²) in [4.78, 5) is 29.4. The van der Waals surface area contributed by atoms with Crippen molar-refractivity contribution in [3.63, 3.8) is 0 Å². The van der Waals surface area contributed by atoms with Gasteiger partial charge in [-0.25, -0.2) is 0 Å². The van der Waals surface area contributed by atoms with E-state index in [1.807, 2.05) is 0 Å². The molecule has 0 fully saturated rings. The first-order chi connectivity index (χ1) is 7.68. The maximum absolute atomic E-state index is 11.9. The molecular formula is C11H7BrN2O2. The number of aromatic amines is 1. The Morgan fingerprint density at radius 2 is 2.19 bits per heavy atom. The molecule has 5 heteroatoms. The van der Waals surface area contributed by atoms with Gasteiger partial charge in [0.25, 0.3) is 5.56 Å². The molecule has 0 amide bonds. The quantitative estimate of drug-likeness (QED) is 0.852. The molecule has 80 valence electrons. The second-order valence-electron chi connectivity index (χ2n) is 3.11. The van der Waals surface area contributed by atoms with E-state index < -0.39 is 0 Å². The highest BCUT2D eigenvalue weighted by Crippen LogP contribution is 2.09. The van der Waals surface area contributed by atoms with E-state index in [0.717, 1.165) is 0 Å². The Morgan fingerprint density at radius 1 is 1.38 bits per heavy atom. The van der Waals surface area contributed by atoms with Crippen molar-refractivity contribution in [2.45, 2.75) is 0 Å². The summed E-state index contributed by atoms with van der Waals surface area (Å²) in [5, 5.41) is 0. The van der Waals surface area contributed by atoms with Gasteiger partial charge in [0.2, 0.25) is 5.78 Å². The molecule has 4 nitrogen and oxygen atoms in total. The van der Waals surface area contributed by atoms with Gasteiger partial charge in [0.15, 0.2) is 0 Å². The Bertz CT molecular complexity index is 578. The Labute approximate surface area is 99.5 Å². The number of halogens is 1. The van der Waals surface area contributed by atoms with E-state index in [1.165, 1.54) is 12.3 Å². The molecule has 0 unspecified atom stereocenters. The number of carbonyl (C=O) groups excluding carboxylic acids is 1. The Hall–Kier alpha value is -1.75. The minimum atomic E-state index is -0.266. The number of carbonyl (C=O) groups is 1. The van der Waals surface area contributed by atoms with Gasteiger partial charge in [-0.2, -0.15) is 0 Å². The van der Waals surface area contributed by atoms with E-state index in [4.69, 9.17) is 0 Å². The predicted octanol–water partition coefficient (Wildman–Crippen LogP) is 1.76. The van der Waals surface area contributed by atoms with Crippen molar-refractivity contribution in [3.8, 4) is 0 Å². The minimum Gasteiger partial charge on any atom is -0.327 e. The molecular weight excluding hydrogens is 272 g/mol. The lowest BCUT2D eigenvalue weighted by molar-refractivity contribution is 0.103. The zero-order valence-electron chi connectivity index (χ0n) is 8.11. The van der Waals surface area contributed by atoms with Gasteiger partial charge in [0, 0.05) is 18.0 Å². The summed E-state index contributed by atoms with van der Waals surface area (Å²) in [6.45, 7) is 0. The monoisotopic (exact) mass is 278 g/mol. The fourth-order valence-corrected chi connectivity index (χ4v) is 1.59. The number of hydrogen-bond acceptors (Lipinski definition) is 3. The standard InChI is InChI=1S/C11H7BrN2O2/c12-8-5-7(6-14-11(8)16)10(15)9-3-1-2-4-13-9/h1-6H,(H,14,16). The lowest BCUT2D eigenvalue weighted by Crippen LogP contribution is -2.10. The number of hydrogen-bond donors (Lipinski definition) is 1. The van der Waals surface area contributed by atoms with E-state index in [-0.39, 0.29) is 11.3 Å². The van der Waals surface area contributed by atoms with Gasteiger partial charge < -0.3 is 4.98 Å². The summed E-state index contributed by atoms with van der Waals surface area (Å²) in [6, 6.07) is 6.58. The predicted molar refractivity (Wildman–Crippen MR) is 62.4 cm³/mol. The molecule has 2 aromatic rings. The molecule has 1 N–H and O–H groups in total. The van der Waals surface area contributed by atoms with Crippen LogP contribution in [0.3, 0.4) is 0 Å². The van der Waals surface area contributed by atoms with E-state index >= 15 is 0 Å². The lowest BCUT2D eigenvalue weighted by Gasteiger charge is -1.99. The van der Waals surface area contributed by atoms with Crippen LogP contribution in [0.4, 0.5) is 0 Å². The smallest absolute Gasteiger partial charge is 0.262 e. The van der Waals surface area contributed by atoms with Crippen molar-refractivity contribution in [1.82, 2.24) is 9.97 Å². The highest BCUT2D eigenvalue weighted by atomic mass is 79.9. The molecule has 2 rings (SSSR count). The van der Waals surface area contributed by atoms with Gasteiger partial charge in [-0.05, 0) is 34.1 Å². The van der Waals surface area contributed by atoms with Gasteiger partial charge >= 0.3 is 0 Å². The van der Waals surface area contributed by atoms with Crippen LogP contribution in [0, 0.1) is 0 Å². The van der Waals surface area contributed by atoms with Crippen LogP contribution in [-0.4, -0.2) is 15.8 Å². The molecule has 0 aliphatic heterocycles. The molecule has 0 aliphatic carbocycles. The third-order valence-electron chi connectivity index (χ3n) is 2.02. The summed E-state index contributed by atoms with van der Waals surface area (Å²) in [5.41, 5.74) is 0.476. The normalized spacial score (nSPS) is 10.1. The van der Waals surface area contributed by atoms with Crippen LogP contribution in [0.1, 0.15) is 16.1 Å². The van der Waals surface area contributed by atoms with Crippen LogP contribution in [0.5, 0.6) is 0 Å². The highest BCUT2D eigenvalue weighted by molar-refractivity contribution is 9.10. The summed E-state index contributed by atoms with van der Waals surface area (Å²) in [7, 11) is 0. The second-order valence-corrected chi connectivity index (χ2v) is 3.96. The molecule has 16 heavy (non-hydrogen) atoms. The lowest BCUT2D eigenvalue weighted by atomic mass is 10.1. The summed E-state index contributed by atoms with van der Waals surface area (Å²) >= 11 is 3.07. The maximum Gasteiger partial charge on any atom is 0.262 e. The number of rotatable bonds is 2. The molecule has 0 radical (unpaired) electrons. The largest absolute Gasteiger partial charge is 0.327 e. The SMILES string of the molecule is O=C(c1c[nH]c(=O)c(Br)c1)c1ccccn1. The Morgan fingerprint density at radius 3 is 2.81 bits per heavy atom. The zero-order valence-corrected chi connectivity index (χ0v) is 9.69. The first-order valence-corrected chi connectivity index (χ1v) is 5.32. The summed E-state index contributed by atoms with van der Waals surface area (Å²) in [6.07, 6.45) is 2.93. The molecule has 0 aromatic carbocycles. The molecule has 0 aliphatic rings. The fourth-order valence-electron chi connectivity index (χ4n) is 1.23. The number of pyridine rings is 2. The molecule has 0 atom stereocenters. The third-order valence-corrected chi connectivity index (χ3v) is 2.61. The van der Waals surface area contributed by atoms with Crippen molar-refractivity contribution in [2.75, 3.05) is 0 Å². The van der Waals surface area contributed by atoms with E-state index in [0.29, 0.717) is 15.7 Å². The number of aromatic nitrogens is 2. The topological polar surface area (TPSA) is 62.8 Å². The summed E-state index contributed by atoms with van der Waals surface area (Å²) in [5.74, 6) is -0.224. The third kappa shape index (κ3) is 2.09. The van der Waals surface area contributed by atoms with E-state index in [2.05, 4.69) is 25.9 Å². The van der Waals surface area contributed by atoms with Gasteiger partial charge in [0.1, 0.15) is 5.69 Å². The minimum absolute atomic E-state index is 0.224. The average Bonchev–Trinajstić information content (AvgIpc) is 2.33. The fraction of sp³-hybridized carbons (Fsp3) is 0. The van der Waals surface area contributed by atoms with Crippen LogP contribution in [-0.2, 0) is 0 Å². The number of nitrogens with one attached hydrogen (secondary N) is 1.